The molecule has 108 valence electrons. The van der Waals surface area contributed by atoms with Crippen molar-refractivity contribution in [2.45, 2.75) is 6.61 Å². The van der Waals surface area contributed by atoms with Gasteiger partial charge < -0.3 is 19.3 Å². The summed E-state index contributed by atoms with van der Waals surface area (Å²) in [5, 5.41) is 9.20. The maximum absolute atomic E-state index is 13.1. The molecule has 1 N–H and O–H groups in total. The van der Waals surface area contributed by atoms with Gasteiger partial charge in [-0.15, -0.1) is 0 Å². The Balaban J connectivity index is 1.86. The average molecular weight is 290 g/mol. The van der Waals surface area contributed by atoms with Gasteiger partial charge in [-0.2, -0.15) is 0 Å². The third-order valence-corrected chi connectivity index (χ3v) is 2.99. The lowest BCUT2D eigenvalue weighted by molar-refractivity contribution is 0.0691. The first-order valence-electron chi connectivity index (χ1n) is 6.17. The van der Waals surface area contributed by atoms with Crippen LogP contribution in [0, 0.1) is 5.82 Å². The highest BCUT2D eigenvalue weighted by Crippen LogP contribution is 2.38. The van der Waals surface area contributed by atoms with Crippen LogP contribution in [0.15, 0.2) is 36.4 Å². The summed E-state index contributed by atoms with van der Waals surface area (Å²) in [5.74, 6) is -0.571. The Hall–Kier alpha value is -2.76. The molecule has 0 radical (unpaired) electrons. The molecule has 1 heterocycles. The number of halogens is 1. The topological polar surface area (TPSA) is 65.0 Å². The molecule has 0 unspecified atom stereocenters. The number of hydrogen-bond donors (Lipinski definition) is 1. The quantitative estimate of drug-likeness (QED) is 0.938. The maximum Gasteiger partial charge on any atom is 0.339 e. The van der Waals surface area contributed by atoms with Crippen LogP contribution in [0.2, 0.25) is 0 Å². The molecule has 2 aromatic rings. The molecule has 3 rings (SSSR count). The van der Waals surface area contributed by atoms with Crippen molar-refractivity contribution in [3.8, 4) is 17.2 Å². The zero-order valence-corrected chi connectivity index (χ0v) is 10.8. The normalized spacial score (nSPS) is 12.2. The molecular weight excluding hydrogens is 279 g/mol. The molecule has 0 atom stereocenters. The van der Waals surface area contributed by atoms with E-state index in [1.54, 1.807) is 12.1 Å². The van der Waals surface area contributed by atoms with Gasteiger partial charge in [-0.25, -0.2) is 9.18 Å². The molecule has 0 spiro atoms. The van der Waals surface area contributed by atoms with E-state index in [-0.39, 0.29) is 30.5 Å². The molecule has 2 aromatic carbocycles. The van der Waals surface area contributed by atoms with Crippen molar-refractivity contribution in [2.75, 3.05) is 6.79 Å². The van der Waals surface area contributed by atoms with E-state index in [4.69, 9.17) is 14.2 Å². The molecule has 1 aliphatic rings. The zero-order valence-electron chi connectivity index (χ0n) is 10.8. The van der Waals surface area contributed by atoms with Crippen molar-refractivity contribution < 1.29 is 28.5 Å². The van der Waals surface area contributed by atoms with Crippen LogP contribution in [0.5, 0.6) is 17.2 Å². The third kappa shape index (κ3) is 2.74. The lowest BCUT2D eigenvalue weighted by Crippen LogP contribution is -2.03. The van der Waals surface area contributed by atoms with E-state index in [1.165, 1.54) is 24.3 Å². The number of carboxylic acid groups (broad SMARTS) is 1. The first-order chi connectivity index (χ1) is 10.1. The van der Waals surface area contributed by atoms with Crippen LogP contribution in [0.3, 0.4) is 0 Å². The Bertz CT molecular complexity index is 698. The van der Waals surface area contributed by atoms with Crippen molar-refractivity contribution in [3.63, 3.8) is 0 Å². The predicted molar refractivity (Wildman–Crippen MR) is 70.3 cm³/mol. The fourth-order valence-corrected chi connectivity index (χ4v) is 2.00. The van der Waals surface area contributed by atoms with E-state index in [0.717, 1.165) is 0 Å². The minimum Gasteiger partial charge on any atom is -0.488 e. The first kappa shape index (κ1) is 13.2. The van der Waals surface area contributed by atoms with Gasteiger partial charge in [0.25, 0.3) is 0 Å². The Morgan fingerprint density at radius 1 is 1.24 bits per heavy atom. The molecule has 0 bridgehead atoms. The van der Waals surface area contributed by atoms with Crippen molar-refractivity contribution >= 4 is 5.97 Å². The maximum atomic E-state index is 13.1. The standard InChI is InChI=1S/C15H11FO5/c16-10-3-1-2-9(4-10)7-19-12-6-14-13(20-8-21-14)5-11(12)15(17)18/h1-6H,7-8H2,(H,17,18). The smallest absolute Gasteiger partial charge is 0.339 e. The van der Waals surface area contributed by atoms with E-state index in [2.05, 4.69) is 0 Å². The Kier molecular flexibility index (Phi) is 3.35. The Morgan fingerprint density at radius 2 is 2.00 bits per heavy atom. The van der Waals surface area contributed by atoms with Crippen molar-refractivity contribution in [1.29, 1.82) is 0 Å². The van der Waals surface area contributed by atoms with Crippen LogP contribution < -0.4 is 14.2 Å². The van der Waals surface area contributed by atoms with Crippen LogP contribution in [0.1, 0.15) is 15.9 Å². The van der Waals surface area contributed by atoms with E-state index in [9.17, 15) is 14.3 Å². The average Bonchev–Trinajstić information content (AvgIpc) is 2.91. The van der Waals surface area contributed by atoms with Gasteiger partial charge >= 0.3 is 5.97 Å². The minimum atomic E-state index is -1.14. The van der Waals surface area contributed by atoms with Gasteiger partial charge in [0.15, 0.2) is 11.5 Å². The zero-order chi connectivity index (χ0) is 14.8. The van der Waals surface area contributed by atoms with Crippen LogP contribution in [-0.2, 0) is 6.61 Å². The monoisotopic (exact) mass is 290 g/mol. The van der Waals surface area contributed by atoms with Gasteiger partial charge in [-0.3, -0.25) is 0 Å². The number of fused-ring (bicyclic) bond motifs is 1. The molecule has 5 nitrogen and oxygen atoms in total. The SMILES string of the molecule is O=C(O)c1cc2c(cc1OCc1cccc(F)c1)OCO2. The van der Waals surface area contributed by atoms with Gasteiger partial charge in [-0.1, -0.05) is 12.1 Å². The fourth-order valence-electron chi connectivity index (χ4n) is 2.00. The van der Waals surface area contributed by atoms with Crippen molar-refractivity contribution in [2.24, 2.45) is 0 Å². The highest BCUT2D eigenvalue weighted by atomic mass is 19.1. The molecule has 0 saturated heterocycles. The second-order valence-corrected chi connectivity index (χ2v) is 4.43. The molecule has 21 heavy (non-hydrogen) atoms. The first-order valence-corrected chi connectivity index (χ1v) is 6.17. The summed E-state index contributed by atoms with van der Waals surface area (Å²) >= 11 is 0. The molecule has 0 aliphatic carbocycles. The minimum absolute atomic E-state index is 0.0318. The van der Waals surface area contributed by atoms with Crippen LogP contribution in [0.25, 0.3) is 0 Å². The lowest BCUT2D eigenvalue weighted by atomic mass is 10.1. The van der Waals surface area contributed by atoms with Crippen LogP contribution in [0.4, 0.5) is 4.39 Å². The number of ether oxygens (including phenoxy) is 3. The summed E-state index contributed by atoms with van der Waals surface area (Å²) in [6.07, 6.45) is 0. The number of aromatic carboxylic acids is 1. The predicted octanol–water partition coefficient (Wildman–Crippen LogP) is 2.83. The summed E-state index contributed by atoms with van der Waals surface area (Å²) in [6, 6.07) is 8.72. The number of carboxylic acids is 1. The third-order valence-electron chi connectivity index (χ3n) is 2.99. The van der Waals surface area contributed by atoms with Crippen LogP contribution in [-0.4, -0.2) is 17.9 Å². The lowest BCUT2D eigenvalue weighted by Gasteiger charge is -2.10. The molecule has 0 fully saturated rings. The summed E-state index contributed by atoms with van der Waals surface area (Å²) in [6.45, 7) is 0.0967. The molecule has 1 aliphatic heterocycles. The number of rotatable bonds is 4. The number of benzene rings is 2. The van der Waals surface area contributed by atoms with Gasteiger partial charge in [0.1, 0.15) is 23.7 Å². The Morgan fingerprint density at radius 3 is 2.71 bits per heavy atom. The van der Waals surface area contributed by atoms with E-state index < -0.39 is 5.97 Å². The molecule has 0 amide bonds. The van der Waals surface area contributed by atoms with E-state index in [0.29, 0.717) is 17.1 Å². The number of hydrogen-bond acceptors (Lipinski definition) is 4. The summed E-state index contributed by atoms with van der Waals surface area (Å²) < 4.78 is 28.9. The molecular formula is C15H11FO5. The second kappa shape index (κ2) is 5.32. The summed E-state index contributed by atoms with van der Waals surface area (Å²) in [5.41, 5.74) is 0.569. The van der Waals surface area contributed by atoms with Crippen LogP contribution >= 0.6 is 0 Å². The number of carbonyl (C=O) groups is 1. The van der Waals surface area contributed by atoms with E-state index >= 15 is 0 Å². The van der Waals surface area contributed by atoms with Gasteiger partial charge in [0.2, 0.25) is 6.79 Å². The summed E-state index contributed by atoms with van der Waals surface area (Å²) in [7, 11) is 0. The highest BCUT2D eigenvalue weighted by Gasteiger charge is 2.21. The Labute approximate surface area is 119 Å². The van der Waals surface area contributed by atoms with E-state index in [1.807, 2.05) is 0 Å². The van der Waals surface area contributed by atoms with Crippen molar-refractivity contribution in [1.82, 2.24) is 0 Å². The van der Waals surface area contributed by atoms with Crippen molar-refractivity contribution in [3.05, 3.63) is 53.3 Å². The highest BCUT2D eigenvalue weighted by molar-refractivity contribution is 5.92. The van der Waals surface area contributed by atoms with Gasteiger partial charge in [0, 0.05) is 12.1 Å². The molecule has 0 saturated carbocycles. The second-order valence-electron chi connectivity index (χ2n) is 4.43. The largest absolute Gasteiger partial charge is 0.488 e. The fraction of sp³-hybridized carbons (Fsp3) is 0.133. The molecule has 6 heteroatoms. The van der Waals surface area contributed by atoms with Gasteiger partial charge in [0.05, 0.1) is 0 Å². The summed E-state index contributed by atoms with van der Waals surface area (Å²) in [4.78, 5) is 11.3. The van der Waals surface area contributed by atoms with Gasteiger partial charge in [-0.05, 0) is 17.7 Å². The molecule has 0 aromatic heterocycles.